The van der Waals surface area contributed by atoms with Crippen LogP contribution in [0, 0.1) is 0 Å². The Morgan fingerprint density at radius 2 is 1.10 bits per heavy atom. The Bertz CT molecular complexity index is 1340. The highest BCUT2D eigenvalue weighted by Crippen LogP contribution is 2.58. The molecule has 1 heteroatoms. The Labute approximate surface area is 180 Å². The highest BCUT2D eigenvalue weighted by atomic mass is 79.9. The maximum atomic E-state index is 3.92. The Morgan fingerprint density at radius 3 is 1.72 bits per heavy atom. The van der Waals surface area contributed by atoms with E-state index in [0.29, 0.717) is 0 Å². The summed E-state index contributed by atoms with van der Waals surface area (Å²) < 4.78 is 1.19. The second kappa shape index (κ2) is 5.40. The maximum absolute atomic E-state index is 3.92. The molecule has 6 rings (SSSR count). The normalized spacial score (nSPS) is 17.0. The number of fused-ring (bicyclic) bond motifs is 9. The molecule has 4 aromatic rings. The van der Waals surface area contributed by atoms with Gasteiger partial charge in [0.05, 0.1) is 0 Å². The molecule has 0 atom stereocenters. The lowest BCUT2D eigenvalue weighted by Gasteiger charge is -2.23. The molecule has 4 aromatic carbocycles. The molecule has 0 aliphatic heterocycles. The molecule has 142 valence electrons. The third kappa shape index (κ3) is 2.00. The van der Waals surface area contributed by atoms with Crippen LogP contribution in [-0.2, 0) is 10.8 Å². The van der Waals surface area contributed by atoms with Crippen molar-refractivity contribution in [2.75, 3.05) is 0 Å². The van der Waals surface area contributed by atoms with Gasteiger partial charge in [0.1, 0.15) is 0 Å². The summed E-state index contributed by atoms with van der Waals surface area (Å²) >= 11 is 3.92. The molecule has 29 heavy (non-hydrogen) atoms. The number of benzene rings is 4. The topological polar surface area (TPSA) is 0 Å². The summed E-state index contributed by atoms with van der Waals surface area (Å²) in [4.78, 5) is 0. The summed E-state index contributed by atoms with van der Waals surface area (Å²) in [6.45, 7) is 9.44. The lowest BCUT2D eigenvalue weighted by molar-refractivity contribution is 0.660. The predicted molar refractivity (Wildman–Crippen MR) is 127 cm³/mol. The van der Waals surface area contributed by atoms with E-state index in [-0.39, 0.29) is 10.8 Å². The second-order valence-electron chi connectivity index (χ2n) is 9.53. The van der Waals surface area contributed by atoms with E-state index in [9.17, 15) is 0 Å². The van der Waals surface area contributed by atoms with E-state index in [2.05, 4.69) is 110 Å². The van der Waals surface area contributed by atoms with Crippen molar-refractivity contribution < 1.29 is 0 Å². The standard InChI is InChI=1S/C28H23Br/c1-27(2)19-11-7-5-9-16(19)24-21(27)14-13-18-23(29)15-22-25(26(18)24)17-10-6-8-12-20(17)28(22,3)4/h5-15H,1-4H3. The molecule has 2 aliphatic carbocycles. The molecule has 0 saturated heterocycles. The van der Waals surface area contributed by atoms with Crippen molar-refractivity contribution in [3.63, 3.8) is 0 Å². The number of halogens is 1. The fourth-order valence-electron chi connectivity index (χ4n) is 5.83. The SMILES string of the molecule is CC1(C)c2ccccc2-c2c1ccc1c(Br)cc3c(c21)-c1ccccc1C3(C)C. The lowest BCUT2D eigenvalue weighted by Crippen LogP contribution is -2.15. The summed E-state index contributed by atoms with van der Waals surface area (Å²) in [5.74, 6) is 0. The van der Waals surface area contributed by atoms with E-state index < -0.39 is 0 Å². The van der Waals surface area contributed by atoms with Crippen molar-refractivity contribution >= 4 is 26.7 Å². The zero-order valence-electron chi connectivity index (χ0n) is 17.2. The Hall–Kier alpha value is -2.38. The van der Waals surface area contributed by atoms with Crippen LogP contribution in [0.3, 0.4) is 0 Å². The largest absolute Gasteiger partial charge is 0.0619 e. The van der Waals surface area contributed by atoms with Crippen LogP contribution in [0.25, 0.3) is 33.0 Å². The molecule has 0 amide bonds. The summed E-state index contributed by atoms with van der Waals surface area (Å²) in [6, 6.07) is 24.9. The van der Waals surface area contributed by atoms with E-state index in [4.69, 9.17) is 0 Å². The fraction of sp³-hybridized carbons (Fsp3) is 0.214. The van der Waals surface area contributed by atoms with Gasteiger partial charge >= 0.3 is 0 Å². The van der Waals surface area contributed by atoms with Crippen LogP contribution in [0.1, 0.15) is 49.9 Å². The van der Waals surface area contributed by atoms with Crippen molar-refractivity contribution in [2.45, 2.75) is 38.5 Å². The molecule has 0 fully saturated rings. The molecule has 0 N–H and O–H groups in total. The van der Waals surface area contributed by atoms with Crippen molar-refractivity contribution in [1.29, 1.82) is 0 Å². The predicted octanol–water partition coefficient (Wildman–Crippen LogP) is 8.21. The average molecular weight is 439 g/mol. The quantitative estimate of drug-likeness (QED) is 0.259. The van der Waals surface area contributed by atoms with Crippen LogP contribution in [0.5, 0.6) is 0 Å². The van der Waals surface area contributed by atoms with Crippen molar-refractivity contribution in [2.24, 2.45) is 0 Å². The van der Waals surface area contributed by atoms with Crippen molar-refractivity contribution in [3.05, 3.63) is 93.5 Å². The van der Waals surface area contributed by atoms with Crippen LogP contribution in [0.4, 0.5) is 0 Å². The summed E-state index contributed by atoms with van der Waals surface area (Å²) in [6.07, 6.45) is 0. The third-order valence-corrected chi connectivity index (χ3v) is 8.00. The monoisotopic (exact) mass is 438 g/mol. The Kier molecular flexibility index (Phi) is 3.25. The van der Waals surface area contributed by atoms with Gasteiger partial charge in [0.15, 0.2) is 0 Å². The molecule has 0 saturated carbocycles. The van der Waals surface area contributed by atoms with E-state index in [0.717, 1.165) is 0 Å². The first kappa shape index (κ1) is 17.5. The van der Waals surface area contributed by atoms with E-state index in [1.807, 2.05) is 0 Å². The molecule has 0 aromatic heterocycles. The lowest BCUT2D eigenvalue weighted by atomic mass is 9.80. The van der Waals surface area contributed by atoms with E-state index in [1.54, 1.807) is 0 Å². The van der Waals surface area contributed by atoms with Gasteiger partial charge < -0.3 is 0 Å². The van der Waals surface area contributed by atoms with Gasteiger partial charge in [0.25, 0.3) is 0 Å². The summed E-state index contributed by atoms with van der Waals surface area (Å²) in [7, 11) is 0. The number of hydrogen-bond donors (Lipinski definition) is 0. The van der Waals surface area contributed by atoms with Gasteiger partial charge in [-0.25, -0.2) is 0 Å². The molecule has 0 heterocycles. The first-order valence-corrected chi connectivity index (χ1v) is 11.1. The smallest absolute Gasteiger partial charge is 0.0257 e. The molecule has 0 spiro atoms. The van der Waals surface area contributed by atoms with Gasteiger partial charge in [-0.3, -0.25) is 0 Å². The van der Waals surface area contributed by atoms with Crippen LogP contribution in [0.15, 0.2) is 71.2 Å². The highest BCUT2D eigenvalue weighted by Gasteiger charge is 2.41. The van der Waals surface area contributed by atoms with Gasteiger partial charge in [-0.2, -0.15) is 0 Å². The second-order valence-corrected chi connectivity index (χ2v) is 10.4. The minimum Gasteiger partial charge on any atom is -0.0619 e. The van der Waals surface area contributed by atoms with Crippen LogP contribution < -0.4 is 0 Å². The molecule has 0 unspecified atom stereocenters. The average Bonchev–Trinajstić information content (AvgIpc) is 3.08. The summed E-state index contributed by atoms with van der Waals surface area (Å²) in [5, 5.41) is 2.71. The summed E-state index contributed by atoms with van der Waals surface area (Å²) in [5.41, 5.74) is 11.4. The minimum atomic E-state index is -0.000991. The number of rotatable bonds is 0. The van der Waals surface area contributed by atoms with Gasteiger partial charge in [-0.05, 0) is 61.3 Å². The molecular formula is C28H23Br. The van der Waals surface area contributed by atoms with Gasteiger partial charge in [0.2, 0.25) is 0 Å². The Morgan fingerprint density at radius 1 is 0.586 bits per heavy atom. The fourth-order valence-corrected chi connectivity index (χ4v) is 6.39. The van der Waals surface area contributed by atoms with Crippen LogP contribution in [0.2, 0.25) is 0 Å². The van der Waals surface area contributed by atoms with E-state index in [1.165, 1.54) is 59.8 Å². The molecular weight excluding hydrogens is 416 g/mol. The first-order chi connectivity index (χ1) is 13.8. The van der Waals surface area contributed by atoms with Crippen LogP contribution in [-0.4, -0.2) is 0 Å². The van der Waals surface area contributed by atoms with Gasteiger partial charge in [-0.15, -0.1) is 0 Å². The number of hydrogen-bond acceptors (Lipinski definition) is 0. The minimum absolute atomic E-state index is 0.000991. The van der Waals surface area contributed by atoms with Crippen LogP contribution >= 0.6 is 15.9 Å². The van der Waals surface area contributed by atoms with Gasteiger partial charge in [-0.1, -0.05) is 104 Å². The third-order valence-electron chi connectivity index (χ3n) is 7.34. The zero-order chi connectivity index (χ0) is 20.1. The zero-order valence-corrected chi connectivity index (χ0v) is 18.8. The van der Waals surface area contributed by atoms with E-state index >= 15 is 0 Å². The van der Waals surface area contributed by atoms with Crippen molar-refractivity contribution in [1.82, 2.24) is 0 Å². The van der Waals surface area contributed by atoms with Gasteiger partial charge in [0, 0.05) is 15.3 Å². The molecule has 0 bridgehead atoms. The molecule has 0 nitrogen and oxygen atoms in total. The van der Waals surface area contributed by atoms with Crippen molar-refractivity contribution in [3.8, 4) is 22.3 Å². The first-order valence-electron chi connectivity index (χ1n) is 10.3. The molecule has 2 aliphatic rings. The molecule has 0 radical (unpaired) electrons. The maximum Gasteiger partial charge on any atom is 0.0257 e. The highest BCUT2D eigenvalue weighted by molar-refractivity contribution is 9.10. The Balaban J connectivity index is 1.88.